The van der Waals surface area contributed by atoms with Gasteiger partial charge in [-0.3, -0.25) is 14.2 Å². The van der Waals surface area contributed by atoms with Gasteiger partial charge in [0.15, 0.2) is 0 Å². The van der Waals surface area contributed by atoms with Crippen LogP contribution in [-0.4, -0.2) is 27.2 Å². The number of amides is 2. The first kappa shape index (κ1) is 22.9. The normalized spacial score (nSPS) is 12.2. The summed E-state index contributed by atoms with van der Waals surface area (Å²) >= 11 is 0. The highest BCUT2D eigenvalue weighted by molar-refractivity contribution is 6.13. The fourth-order valence-electron chi connectivity index (χ4n) is 3.26. The highest BCUT2D eigenvalue weighted by atomic mass is 19.4. The summed E-state index contributed by atoms with van der Waals surface area (Å²) in [5, 5.41) is 15.2. The van der Waals surface area contributed by atoms with Crippen LogP contribution in [0.15, 0.2) is 47.6 Å². The molecule has 0 radical (unpaired) electrons. The zero-order valence-corrected chi connectivity index (χ0v) is 17.3. The van der Waals surface area contributed by atoms with Crippen molar-refractivity contribution in [1.82, 2.24) is 9.99 Å². The Morgan fingerprint density at radius 3 is 2.38 bits per heavy atom. The van der Waals surface area contributed by atoms with Gasteiger partial charge in [0.2, 0.25) is 17.7 Å². The minimum Gasteiger partial charge on any atom is -0.494 e. The molecule has 2 amide bonds. The lowest BCUT2D eigenvalue weighted by Gasteiger charge is -2.10. The van der Waals surface area contributed by atoms with E-state index in [9.17, 15) is 27.9 Å². The maximum atomic E-state index is 13.3. The fraction of sp³-hybridized carbons (Fsp3) is 0.227. The number of carbonyl (C=O) groups excluding carboxylic acids is 2. The summed E-state index contributed by atoms with van der Waals surface area (Å²) in [5.41, 5.74) is 8.28. The van der Waals surface area contributed by atoms with Gasteiger partial charge in [-0.1, -0.05) is 23.8 Å². The Morgan fingerprint density at radius 1 is 1.12 bits per heavy atom. The van der Waals surface area contributed by atoms with Crippen LogP contribution in [0.1, 0.15) is 36.5 Å². The van der Waals surface area contributed by atoms with E-state index in [0.29, 0.717) is 11.1 Å². The number of hydrogen-bond donors (Lipinski definition) is 3. The number of rotatable bonds is 6. The highest BCUT2D eigenvalue weighted by Gasteiger charge is 2.32. The molecular formula is C22H21F3N4O3. The van der Waals surface area contributed by atoms with Gasteiger partial charge < -0.3 is 10.8 Å². The van der Waals surface area contributed by atoms with Gasteiger partial charge in [0.1, 0.15) is 0 Å². The van der Waals surface area contributed by atoms with Gasteiger partial charge in [-0.25, -0.2) is 5.43 Å². The van der Waals surface area contributed by atoms with Crippen LogP contribution in [0.5, 0.6) is 5.88 Å². The predicted octanol–water partition coefficient (Wildman–Crippen LogP) is 3.77. The van der Waals surface area contributed by atoms with E-state index in [2.05, 4.69) is 10.5 Å². The molecule has 0 bridgehead atoms. The van der Waals surface area contributed by atoms with Crippen molar-refractivity contribution in [3.63, 3.8) is 0 Å². The second-order valence-electron chi connectivity index (χ2n) is 7.30. The van der Waals surface area contributed by atoms with Crippen molar-refractivity contribution in [2.24, 2.45) is 10.8 Å². The molecule has 0 atom stereocenters. The summed E-state index contributed by atoms with van der Waals surface area (Å²) in [6.07, 6.45) is -4.89. The minimum absolute atomic E-state index is 0.130. The van der Waals surface area contributed by atoms with Crippen LogP contribution in [0.2, 0.25) is 0 Å². The van der Waals surface area contributed by atoms with Crippen LogP contribution in [0.4, 0.5) is 13.2 Å². The molecule has 32 heavy (non-hydrogen) atoms. The zero-order valence-electron chi connectivity index (χ0n) is 17.3. The number of hydrogen-bond acceptors (Lipinski definition) is 4. The predicted molar refractivity (Wildman–Crippen MR) is 113 cm³/mol. The molecule has 4 N–H and O–H groups in total. The molecule has 0 fully saturated rings. The average Bonchev–Trinajstić information content (AvgIpc) is 3.01. The number of nitrogens with two attached hydrogens (primary N) is 1. The first-order valence-electron chi connectivity index (χ1n) is 9.62. The van der Waals surface area contributed by atoms with Gasteiger partial charge in [0, 0.05) is 23.9 Å². The Kier molecular flexibility index (Phi) is 6.24. The number of alkyl halides is 3. The van der Waals surface area contributed by atoms with Crippen molar-refractivity contribution in [2.75, 3.05) is 0 Å². The smallest absolute Gasteiger partial charge is 0.416 e. The molecule has 3 aromatic rings. The van der Waals surface area contributed by atoms with Crippen LogP contribution < -0.4 is 11.2 Å². The number of primary amides is 1. The Balaban J connectivity index is 2.13. The van der Waals surface area contributed by atoms with E-state index in [1.54, 1.807) is 24.3 Å². The van der Waals surface area contributed by atoms with Crippen molar-refractivity contribution in [2.45, 2.75) is 32.9 Å². The van der Waals surface area contributed by atoms with Crippen LogP contribution in [-0.2, 0) is 15.8 Å². The van der Waals surface area contributed by atoms with E-state index in [-0.39, 0.29) is 35.5 Å². The number of aromatic hydroxyl groups is 1. The lowest BCUT2D eigenvalue weighted by atomic mass is 10.1. The van der Waals surface area contributed by atoms with E-state index >= 15 is 0 Å². The third-order valence-corrected chi connectivity index (χ3v) is 4.87. The summed E-state index contributed by atoms with van der Waals surface area (Å²) in [5.74, 6) is -1.53. The molecule has 0 aliphatic heterocycles. The van der Waals surface area contributed by atoms with Gasteiger partial charge in [0.05, 0.1) is 22.4 Å². The summed E-state index contributed by atoms with van der Waals surface area (Å²) in [6, 6.07) is 10.0. The monoisotopic (exact) mass is 446 g/mol. The Labute approximate surface area is 181 Å². The summed E-state index contributed by atoms with van der Waals surface area (Å²) in [6.45, 7) is 3.36. The molecule has 0 unspecified atom stereocenters. The molecule has 3 rings (SSSR count). The Hall–Kier alpha value is -3.82. The van der Waals surface area contributed by atoms with Crippen LogP contribution in [0.25, 0.3) is 16.6 Å². The van der Waals surface area contributed by atoms with Crippen molar-refractivity contribution in [3.8, 4) is 11.6 Å². The number of carbonyl (C=O) groups is 2. The van der Waals surface area contributed by atoms with E-state index in [1.165, 1.54) is 17.6 Å². The Morgan fingerprint density at radius 2 is 1.78 bits per heavy atom. The summed E-state index contributed by atoms with van der Waals surface area (Å²) in [7, 11) is 0. The average molecular weight is 446 g/mol. The molecule has 0 aliphatic rings. The molecule has 7 nitrogen and oxygen atoms in total. The molecular weight excluding hydrogens is 425 g/mol. The van der Waals surface area contributed by atoms with Crippen molar-refractivity contribution >= 4 is 28.4 Å². The van der Waals surface area contributed by atoms with E-state index in [4.69, 9.17) is 5.73 Å². The van der Waals surface area contributed by atoms with E-state index in [1.807, 2.05) is 6.92 Å². The van der Waals surface area contributed by atoms with Gasteiger partial charge in [0.25, 0.3) is 0 Å². The largest absolute Gasteiger partial charge is 0.494 e. The summed E-state index contributed by atoms with van der Waals surface area (Å²) < 4.78 is 41.3. The van der Waals surface area contributed by atoms with Gasteiger partial charge in [-0.2, -0.15) is 18.3 Å². The van der Waals surface area contributed by atoms with E-state index < -0.39 is 23.6 Å². The quantitative estimate of drug-likeness (QED) is 0.396. The van der Waals surface area contributed by atoms with E-state index in [0.717, 1.165) is 17.7 Å². The maximum absolute atomic E-state index is 13.3. The number of fused-ring (bicyclic) bond motifs is 1. The number of hydrazone groups is 1. The fourth-order valence-corrected chi connectivity index (χ4v) is 3.26. The lowest BCUT2D eigenvalue weighted by molar-refractivity contribution is -0.137. The maximum Gasteiger partial charge on any atom is 0.416 e. The molecule has 1 aromatic heterocycles. The molecule has 0 saturated carbocycles. The molecule has 1 heterocycles. The second-order valence-corrected chi connectivity index (χ2v) is 7.30. The topological polar surface area (TPSA) is 110 Å². The molecule has 0 aliphatic carbocycles. The molecule has 2 aromatic carbocycles. The number of aryl methyl sites for hydroxylation is 1. The number of benzene rings is 2. The number of aromatic nitrogens is 1. The lowest BCUT2D eigenvalue weighted by Crippen LogP contribution is -2.21. The molecule has 10 heteroatoms. The summed E-state index contributed by atoms with van der Waals surface area (Å²) in [4.78, 5) is 22.6. The third kappa shape index (κ3) is 4.74. The SMILES string of the molecule is C/C(=N\NC(=O)CCC(N)=O)c1c(O)n(-c2ccc(C)cc2)c2cc(C(F)(F)F)ccc12. The Bertz CT molecular complexity index is 1210. The minimum atomic E-state index is -4.57. The second kappa shape index (κ2) is 8.74. The highest BCUT2D eigenvalue weighted by Crippen LogP contribution is 2.38. The molecule has 0 saturated heterocycles. The van der Waals surface area contributed by atoms with Crippen molar-refractivity contribution < 1.29 is 27.9 Å². The van der Waals surface area contributed by atoms with Crippen LogP contribution in [0, 0.1) is 6.92 Å². The number of halogens is 3. The van der Waals surface area contributed by atoms with Crippen LogP contribution >= 0.6 is 0 Å². The first-order valence-corrected chi connectivity index (χ1v) is 9.62. The van der Waals surface area contributed by atoms with Crippen molar-refractivity contribution in [1.29, 1.82) is 0 Å². The first-order chi connectivity index (χ1) is 15.0. The molecule has 0 spiro atoms. The third-order valence-electron chi connectivity index (χ3n) is 4.87. The van der Waals surface area contributed by atoms with Gasteiger partial charge in [-0.05, 0) is 38.1 Å². The standard InChI is InChI=1S/C22H21F3N4O3/c1-12-3-6-15(7-4-12)29-17-11-14(22(23,24)25)5-8-16(17)20(21(29)32)13(2)27-28-19(31)10-9-18(26)30/h3-8,11,32H,9-10H2,1-2H3,(H2,26,30)(H,28,31)/b27-13+. The number of nitrogens with one attached hydrogen (secondary N) is 1. The van der Waals surface area contributed by atoms with Crippen LogP contribution in [0.3, 0.4) is 0 Å². The molecule has 168 valence electrons. The van der Waals surface area contributed by atoms with Crippen molar-refractivity contribution in [3.05, 3.63) is 59.2 Å². The van der Waals surface area contributed by atoms with Gasteiger partial charge in [-0.15, -0.1) is 0 Å². The number of nitrogens with zero attached hydrogens (tertiary/aromatic N) is 2. The zero-order chi connectivity index (χ0) is 23.6. The van der Waals surface area contributed by atoms with Gasteiger partial charge >= 0.3 is 6.18 Å².